The van der Waals surface area contributed by atoms with Gasteiger partial charge < -0.3 is 5.84 Å². The third kappa shape index (κ3) is 1.54. The first-order valence-electron chi connectivity index (χ1n) is 5.42. The first-order valence-corrected chi connectivity index (χ1v) is 5.42. The van der Waals surface area contributed by atoms with Gasteiger partial charge in [0.1, 0.15) is 5.69 Å². The van der Waals surface area contributed by atoms with Gasteiger partial charge >= 0.3 is 0 Å². The minimum Gasteiger partial charge on any atom is -0.306 e. The molecule has 0 atom stereocenters. The molecule has 0 aliphatic carbocycles. The Labute approximate surface area is 98.6 Å². The van der Waals surface area contributed by atoms with Gasteiger partial charge in [-0.05, 0) is 23.3 Å². The lowest BCUT2D eigenvalue weighted by Gasteiger charge is -2.06. The zero-order chi connectivity index (χ0) is 11.8. The van der Waals surface area contributed by atoms with Crippen LogP contribution < -0.4 is 5.84 Å². The molecule has 17 heavy (non-hydrogen) atoms. The molecule has 0 saturated heterocycles. The van der Waals surface area contributed by atoms with Crippen molar-refractivity contribution in [1.29, 1.82) is 0 Å². The van der Waals surface area contributed by atoms with Crippen LogP contribution in [0.2, 0.25) is 0 Å². The molecule has 2 N–H and O–H groups in total. The Morgan fingerprint density at radius 1 is 1.06 bits per heavy atom. The number of aromatic nitrogens is 3. The van der Waals surface area contributed by atoms with Crippen molar-refractivity contribution in [3.8, 4) is 11.3 Å². The van der Waals surface area contributed by atoms with E-state index in [0.717, 1.165) is 16.2 Å². The van der Waals surface area contributed by atoms with Crippen LogP contribution in [0.1, 0.15) is 5.56 Å². The summed E-state index contributed by atoms with van der Waals surface area (Å²) >= 11 is 0. The highest BCUT2D eigenvalue weighted by Crippen LogP contribution is 2.28. The van der Waals surface area contributed by atoms with Crippen LogP contribution in [-0.2, 0) is 0 Å². The molecule has 84 valence electrons. The quantitative estimate of drug-likeness (QED) is 0.644. The van der Waals surface area contributed by atoms with Crippen LogP contribution in [0.3, 0.4) is 0 Å². The second-order valence-corrected chi connectivity index (χ2v) is 4.03. The molecule has 4 heteroatoms. The van der Waals surface area contributed by atoms with Gasteiger partial charge in [0, 0.05) is 5.56 Å². The first-order chi connectivity index (χ1) is 8.25. The summed E-state index contributed by atoms with van der Waals surface area (Å²) in [6, 6.07) is 12.4. The number of fused-ring (bicyclic) bond motifs is 1. The second kappa shape index (κ2) is 3.59. The van der Waals surface area contributed by atoms with Crippen molar-refractivity contribution in [1.82, 2.24) is 15.1 Å². The number of hydrogen-bond donors (Lipinski definition) is 1. The summed E-state index contributed by atoms with van der Waals surface area (Å²) in [5, 5.41) is 10.5. The van der Waals surface area contributed by atoms with Crippen LogP contribution in [0, 0.1) is 6.92 Å². The number of nitrogens with two attached hydrogens (primary N) is 1. The van der Waals surface area contributed by atoms with E-state index < -0.39 is 0 Å². The minimum atomic E-state index is 0.795. The molecule has 0 fully saturated rings. The zero-order valence-electron chi connectivity index (χ0n) is 9.46. The van der Waals surface area contributed by atoms with Gasteiger partial charge in [-0.2, -0.15) is 0 Å². The van der Waals surface area contributed by atoms with E-state index in [0.29, 0.717) is 0 Å². The molecule has 3 aromatic rings. The fourth-order valence-corrected chi connectivity index (χ4v) is 2.07. The third-order valence-electron chi connectivity index (χ3n) is 2.93. The number of benzene rings is 2. The number of hydrogen-bond acceptors (Lipinski definition) is 3. The Bertz CT molecular complexity index is 685. The lowest BCUT2D eigenvalue weighted by molar-refractivity contribution is 0.709. The van der Waals surface area contributed by atoms with E-state index in [1.807, 2.05) is 12.1 Å². The van der Waals surface area contributed by atoms with Gasteiger partial charge in [0.2, 0.25) is 0 Å². The average Bonchev–Trinajstić information content (AvgIpc) is 2.77. The molecule has 0 saturated carbocycles. The SMILES string of the molecule is Cc1ccc(-c2cnn(N)n2)c2ccccc12. The number of aryl methyl sites for hydroxylation is 1. The van der Waals surface area contributed by atoms with Crippen molar-refractivity contribution < 1.29 is 0 Å². The minimum absolute atomic E-state index is 0.795. The lowest BCUT2D eigenvalue weighted by atomic mass is 9.99. The maximum Gasteiger partial charge on any atom is 0.115 e. The lowest BCUT2D eigenvalue weighted by Crippen LogP contribution is -2.11. The van der Waals surface area contributed by atoms with Gasteiger partial charge in [0.05, 0.1) is 6.20 Å². The van der Waals surface area contributed by atoms with E-state index in [9.17, 15) is 0 Å². The van der Waals surface area contributed by atoms with Crippen molar-refractivity contribution in [3.05, 3.63) is 48.2 Å². The van der Waals surface area contributed by atoms with Crippen molar-refractivity contribution in [2.24, 2.45) is 0 Å². The summed E-state index contributed by atoms with van der Waals surface area (Å²) in [7, 11) is 0. The Kier molecular flexibility index (Phi) is 2.08. The molecule has 0 aliphatic rings. The van der Waals surface area contributed by atoms with Crippen LogP contribution in [0.4, 0.5) is 0 Å². The van der Waals surface area contributed by atoms with Gasteiger partial charge in [0.25, 0.3) is 0 Å². The normalized spacial score (nSPS) is 10.9. The highest BCUT2D eigenvalue weighted by molar-refractivity contribution is 5.97. The van der Waals surface area contributed by atoms with Gasteiger partial charge in [0.15, 0.2) is 0 Å². The molecule has 0 spiro atoms. The van der Waals surface area contributed by atoms with Gasteiger partial charge in [-0.3, -0.25) is 0 Å². The van der Waals surface area contributed by atoms with Crippen LogP contribution in [-0.4, -0.2) is 15.1 Å². The summed E-state index contributed by atoms with van der Waals surface area (Å²) in [6.07, 6.45) is 1.68. The van der Waals surface area contributed by atoms with E-state index in [2.05, 4.69) is 41.4 Å². The predicted molar refractivity (Wildman–Crippen MR) is 67.9 cm³/mol. The van der Waals surface area contributed by atoms with E-state index in [1.165, 1.54) is 16.3 Å². The highest BCUT2D eigenvalue weighted by atomic mass is 15.6. The monoisotopic (exact) mass is 224 g/mol. The molecule has 1 aromatic heterocycles. The molecule has 3 rings (SSSR count). The molecule has 0 bridgehead atoms. The number of nitrogens with zero attached hydrogens (tertiary/aromatic N) is 3. The van der Waals surface area contributed by atoms with Crippen molar-refractivity contribution in [2.45, 2.75) is 6.92 Å². The number of rotatable bonds is 1. The molecule has 0 radical (unpaired) electrons. The molecule has 4 nitrogen and oxygen atoms in total. The van der Waals surface area contributed by atoms with E-state index in [1.54, 1.807) is 6.20 Å². The first kappa shape index (κ1) is 9.84. The van der Waals surface area contributed by atoms with Crippen molar-refractivity contribution in [2.75, 3.05) is 5.84 Å². The molecular weight excluding hydrogens is 212 g/mol. The Hall–Kier alpha value is -2.36. The van der Waals surface area contributed by atoms with Crippen LogP contribution in [0.25, 0.3) is 22.0 Å². The van der Waals surface area contributed by atoms with Gasteiger partial charge in [-0.1, -0.05) is 41.3 Å². The molecule has 0 unspecified atom stereocenters. The topological polar surface area (TPSA) is 56.7 Å². The standard InChI is InChI=1S/C13H12N4/c1-9-6-7-12(13-8-15-17(14)16-13)11-5-3-2-4-10(9)11/h2-8H,14H2,1H3. The maximum atomic E-state index is 5.48. The molecule has 0 amide bonds. The second-order valence-electron chi connectivity index (χ2n) is 4.03. The van der Waals surface area contributed by atoms with Crippen molar-refractivity contribution >= 4 is 10.8 Å². The van der Waals surface area contributed by atoms with Gasteiger partial charge in [-0.15, -0.1) is 10.2 Å². The summed E-state index contributed by atoms with van der Waals surface area (Å²) < 4.78 is 0. The Morgan fingerprint density at radius 3 is 2.53 bits per heavy atom. The fourth-order valence-electron chi connectivity index (χ4n) is 2.07. The number of nitrogen functional groups attached to an aromatic ring is 1. The third-order valence-corrected chi connectivity index (χ3v) is 2.93. The summed E-state index contributed by atoms with van der Waals surface area (Å²) in [5.74, 6) is 5.48. The van der Waals surface area contributed by atoms with Crippen molar-refractivity contribution in [3.63, 3.8) is 0 Å². The Balaban J connectivity index is 2.34. The highest BCUT2D eigenvalue weighted by Gasteiger charge is 2.08. The zero-order valence-corrected chi connectivity index (χ0v) is 9.46. The van der Waals surface area contributed by atoms with Gasteiger partial charge in [-0.25, -0.2) is 0 Å². The predicted octanol–water partition coefficient (Wildman–Crippen LogP) is 2.12. The van der Waals surface area contributed by atoms with E-state index in [-0.39, 0.29) is 0 Å². The smallest absolute Gasteiger partial charge is 0.115 e. The van der Waals surface area contributed by atoms with Crippen LogP contribution in [0.15, 0.2) is 42.6 Å². The van der Waals surface area contributed by atoms with E-state index in [4.69, 9.17) is 5.84 Å². The Morgan fingerprint density at radius 2 is 1.82 bits per heavy atom. The van der Waals surface area contributed by atoms with Crippen LogP contribution in [0.5, 0.6) is 0 Å². The average molecular weight is 224 g/mol. The summed E-state index contributed by atoms with van der Waals surface area (Å²) in [6.45, 7) is 2.10. The van der Waals surface area contributed by atoms with Crippen LogP contribution >= 0.6 is 0 Å². The molecule has 2 aromatic carbocycles. The van der Waals surface area contributed by atoms with E-state index >= 15 is 0 Å². The largest absolute Gasteiger partial charge is 0.306 e. The molecule has 0 aliphatic heterocycles. The molecular formula is C13H12N4. The summed E-state index contributed by atoms with van der Waals surface area (Å²) in [5.41, 5.74) is 3.11. The summed E-state index contributed by atoms with van der Waals surface area (Å²) in [4.78, 5) is 1.09. The fraction of sp³-hybridized carbons (Fsp3) is 0.0769. The molecule has 1 heterocycles. The maximum absolute atomic E-state index is 5.48.